The standard InChI is InChI=1S/C4H9.ClH.Li/c1-4(2)3;;/h4H,1H2,2-3H3;1H;/q;;+1/p-1. The van der Waals surface area contributed by atoms with Gasteiger partial charge in [0, 0.05) is 0 Å². The van der Waals surface area contributed by atoms with E-state index in [0.717, 1.165) is 0 Å². The maximum absolute atomic E-state index is 4.64. The Morgan fingerprint density at radius 1 is 1.50 bits per heavy atom. The quantitative estimate of drug-likeness (QED) is 0.406. The molecular weight excluding hydrogens is 90.4 g/mol. The van der Waals surface area contributed by atoms with Crippen LogP contribution in [0.5, 0.6) is 0 Å². The molecule has 0 nitrogen and oxygen atoms in total. The number of rotatable bonds is 0. The summed E-state index contributed by atoms with van der Waals surface area (Å²) in [6.45, 7) is 7.75. The first-order valence-electron chi connectivity index (χ1n) is 1.94. The van der Waals surface area contributed by atoms with Gasteiger partial charge in [0.25, 0.3) is 0 Å². The van der Waals surface area contributed by atoms with E-state index in [2.05, 4.69) is 30.6 Å². The first-order valence-corrected chi connectivity index (χ1v) is 2.70. The van der Waals surface area contributed by atoms with Crippen LogP contribution in [0.15, 0.2) is 0 Å². The molecule has 0 unspecified atom stereocenters. The Kier molecular flexibility index (Phi) is 15.5. The Labute approximate surface area is 53.6 Å². The second kappa shape index (κ2) is 9.31. The van der Waals surface area contributed by atoms with Crippen molar-refractivity contribution in [2.45, 2.75) is 13.8 Å². The molecule has 0 amide bonds. The first kappa shape index (κ1) is 9.99. The van der Waals surface area contributed by atoms with Crippen LogP contribution in [0.2, 0.25) is 0 Å². The molecule has 33 valence electrons. The molecule has 0 aromatic carbocycles. The minimum absolute atomic E-state index is 0.583. The van der Waals surface area contributed by atoms with E-state index in [1.807, 2.05) is 0 Å². The molecule has 0 atom stereocenters. The van der Waals surface area contributed by atoms with Gasteiger partial charge < -0.3 is 0 Å². The van der Waals surface area contributed by atoms with Crippen LogP contribution in [-0.4, -0.2) is 16.7 Å². The van der Waals surface area contributed by atoms with Crippen molar-refractivity contribution in [2.75, 3.05) is 0 Å². The molecule has 0 aromatic heterocycles. The molecule has 0 heterocycles. The molecule has 0 saturated heterocycles. The molecule has 0 aliphatic heterocycles. The molecule has 0 aromatic rings. The summed E-state index contributed by atoms with van der Waals surface area (Å²) in [4.78, 5) is 0. The van der Waals surface area contributed by atoms with Crippen LogP contribution in [0.1, 0.15) is 13.8 Å². The van der Waals surface area contributed by atoms with Gasteiger partial charge in [0.1, 0.15) is 0 Å². The molecule has 0 aliphatic rings. The van der Waals surface area contributed by atoms with Gasteiger partial charge in [0.05, 0.1) is 0 Å². The number of halogens is 1. The second-order valence-corrected chi connectivity index (χ2v) is 1.39. The topological polar surface area (TPSA) is 0 Å². The monoisotopic (exact) mass is 99.1 g/mol. The Morgan fingerprint density at radius 3 is 1.50 bits per heavy atom. The van der Waals surface area contributed by atoms with E-state index in [1.54, 1.807) is 0 Å². The van der Waals surface area contributed by atoms with Crippen molar-refractivity contribution in [3.8, 4) is 0 Å². The third-order valence-corrected chi connectivity index (χ3v) is 0. The zero-order valence-corrected chi connectivity index (χ0v) is 5.42. The normalized spacial score (nSPS) is 7.17. The summed E-state index contributed by atoms with van der Waals surface area (Å²) in [5.74, 6) is 0.583. The number of hydrogen-bond donors (Lipinski definition) is 0. The predicted octanol–water partition coefficient (Wildman–Crippen LogP) is 1.79. The van der Waals surface area contributed by atoms with Gasteiger partial charge in [-0.25, -0.2) is 0 Å². The zero-order valence-electron chi connectivity index (χ0n) is 4.66. The average molecular weight is 99.5 g/mol. The molecule has 2 heteroatoms. The first-order chi connectivity index (χ1) is 2.73. The Morgan fingerprint density at radius 2 is 1.50 bits per heavy atom. The van der Waals surface area contributed by atoms with Crippen LogP contribution in [0.25, 0.3) is 0 Å². The van der Waals surface area contributed by atoms with Gasteiger partial charge >= 0.3 is 26.5 Å². The van der Waals surface area contributed by atoms with Gasteiger partial charge in [-0.15, -0.1) is 0 Å². The van der Waals surface area contributed by atoms with Crippen LogP contribution in [0.3, 0.4) is 0 Å². The molecule has 0 aliphatic carbocycles. The van der Waals surface area contributed by atoms with Crippen molar-refractivity contribution in [1.29, 1.82) is 0 Å². The van der Waals surface area contributed by atoms with E-state index < -0.39 is 0 Å². The van der Waals surface area contributed by atoms with E-state index in [-0.39, 0.29) is 0 Å². The predicted molar refractivity (Wildman–Crippen MR) is 31.8 cm³/mol. The third kappa shape index (κ3) is 93.8. The molecule has 1 radical (unpaired) electrons. The summed E-state index contributed by atoms with van der Waals surface area (Å²) >= 11 is 1.47. The fourth-order valence-electron chi connectivity index (χ4n) is 0. The van der Waals surface area contributed by atoms with Crippen LogP contribution >= 0.6 is 9.80 Å². The fraction of sp³-hybridized carbons (Fsp3) is 0.750. The summed E-state index contributed by atoms with van der Waals surface area (Å²) in [5, 5.41) is 0. The molecule has 0 spiro atoms. The zero-order chi connectivity index (χ0) is 5.58. The van der Waals surface area contributed by atoms with Crippen molar-refractivity contribution in [2.24, 2.45) is 5.92 Å². The molecular formula is C4H9ClLi. The van der Waals surface area contributed by atoms with Crippen LogP contribution in [0, 0.1) is 12.8 Å². The van der Waals surface area contributed by atoms with Gasteiger partial charge in [0.2, 0.25) is 0 Å². The van der Waals surface area contributed by atoms with E-state index >= 15 is 0 Å². The average Bonchev–Trinajstić information content (AvgIpc) is 1.41. The SMILES string of the molecule is [CH2]C(C)C.[Li][Cl]. The summed E-state index contributed by atoms with van der Waals surface area (Å²) < 4.78 is 0. The van der Waals surface area contributed by atoms with Crippen LogP contribution in [-0.2, 0) is 0 Å². The van der Waals surface area contributed by atoms with E-state index in [9.17, 15) is 0 Å². The second-order valence-electron chi connectivity index (χ2n) is 1.39. The molecule has 6 heavy (non-hydrogen) atoms. The van der Waals surface area contributed by atoms with Gasteiger partial charge in [-0.1, -0.05) is 20.8 Å². The molecule has 0 N–H and O–H groups in total. The van der Waals surface area contributed by atoms with Crippen molar-refractivity contribution in [3.63, 3.8) is 0 Å². The summed E-state index contributed by atoms with van der Waals surface area (Å²) in [6.07, 6.45) is 0. The van der Waals surface area contributed by atoms with Crippen molar-refractivity contribution >= 4 is 26.5 Å². The summed E-state index contributed by atoms with van der Waals surface area (Å²) in [7, 11) is 4.64. The maximum atomic E-state index is 4.64. The Bertz CT molecular complexity index is 12.3. The van der Waals surface area contributed by atoms with Gasteiger partial charge in [-0.05, 0) is 5.92 Å². The Balaban J connectivity index is 0. The summed E-state index contributed by atoms with van der Waals surface area (Å²) in [6, 6.07) is 0. The number of hydrogen-bond acceptors (Lipinski definition) is 0. The van der Waals surface area contributed by atoms with Crippen LogP contribution < -0.4 is 0 Å². The molecule has 0 fully saturated rings. The van der Waals surface area contributed by atoms with Crippen molar-refractivity contribution < 1.29 is 0 Å². The Hall–Kier alpha value is 0.887. The van der Waals surface area contributed by atoms with Crippen molar-refractivity contribution in [3.05, 3.63) is 6.92 Å². The minimum atomic E-state index is 0.583. The van der Waals surface area contributed by atoms with Gasteiger partial charge in [0.15, 0.2) is 0 Å². The van der Waals surface area contributed by atoms with Crippen LogP contribution in [0.4, 0.5) is 0 Å². The molecule has 0 bridgehead atoms. The van der Waals surface area contributed by atoms with Gasteiger partial charge in [-0.2, -0.15) is 0 Å². The molecule has 0 saturated carbocycles. The molecule has 0 rings (SSSR count). The van der Waals surface area contributed by atoms with Crippen molar-refractivity contribution in [1.82, 2.24) is 0 Å². The van der Waals surface area contributed by atoms with E-state index in [4.69, 9.17) is 0 Å². The van der Waals surface area contributed by atoms with Gasteiger partial charge in [-0.3, -0.25) is 0 Å². The van der Waals surface area contributed by atoms with E-state index in [0.29, 0.717) is 5.92 Å². The fourth-order valence-corrected chi connectivity index (χ4v) is 0. The summed E-state index contributed by atoms with van der Waals surface area (Å²) in [5.41, 5.74) is 0. The third-order valence-electron chi connectivity index (χ3n) is 0. The van der Waals surface area contributed by atoms with E-state index in [1.165, 1.54) is 16.7 Å².